The molecule has 0 bridgehead atoms. The van der Waals surface area contributed by atoms with E-state index in [-0.39, 0.29) is 57.5 Å². The van der Waals surface area contributed by atoms with Gasteiger partial charge in [0.2, 0.25) is 12.7 Å². The second kappa shape index (κ2) is 19.9. The van der Waals surface area contributed by atoms with Crippen LogP contribution in [-0.2, 0) is 45.2 Å². The topological polar surface area (TPSA) is 150 Å². The summed E-state index contributed by atoms with van der Waals surface area (Å²) in [6.07, 6.45) is -0.880. The van der Waals surface area contributed by atoms with Crippen LogP contribution in [0.25, 0.3) is 0 Å². The number of benzene rings is 4. The maximum absolute atomic E-state index is 15.7. The van der Waals surface area contributed by atoms with Crippen LogP contribution in [0.2, 0.25) is 0 Å². The molecule has 0 spiro atoms. The molecule has 4 aromatic rings. The zero-order chi connectivity index (χ0) is 45.6. The summed E-state index contributed by atoms with van der Waals surface area (Å²) in [5.41, 5.74) is 3.82. The van der Waals surface area contributed by atoms with E-state index in [1.807, 2.05) is 61.5 Å². The predicted octanol–water partition coefficient (Wildman–Crippen LogP) is 7.55. The van der Waals surface area contributed by atoms with E-state index in [0.717, 1.165) is 11.1 Å². The average molecular weight is 871 g/mol. The minimum Gasteiger partial charge on any atom is -0.497 e. The number of hydrogen-bond acceptors (Lipinski definition) is 13. The monoisotopic (exact) mass is 870 g/mol. The van der Waals surface area contributed by atoms with Gasteiger partial charge < -0.3 is 52.3 Å². The zero-order valence-electron chi connectivity index (χ0n) is 38.0. The van der Waals surface area contributed by atoms with E-state index >= 15 is 4.79 Å². The van der Waals surface area contributed by atoms with Gasteiger partial charge in [0.25, 0.3) is 0 Å². The maximum Gasteiger partial charge on any atom is 0.410 e. The van der Waals surface area contributed by atoms with Gasteiger partial charge in [0.05, 0.1) is 80.1 Å². The lowest BCUT2D eigenvalue weighted by Gasteiger charge is -2.41. The third-order valence-electron chi connectivity index (χ3n) is 11.1. The molecule has 0 saturated heterocycles. The highest BCUT2D eigenvalue weighted by molar-refractivity contribution is 6.07. The van der Waals surface area contributed by atoms with E-state index in [0.29, 0.717) is 68.1 Å². The number of likely N-dealkylation sites (N-methyl/N-ethyl adjacent to an activating group) is 1. The molecule has 0 aliphatic carbocycles. The van der Waals surface area contributed by atoms with Gasteiger partial charge in [-0.15, -0.1) is 0 Å². The summed E-state index contributed by atoms with van der Waals surface area (Å²) in [6, 6.07) is 14.9. The van der Waals surface area contributed by atoms with Crippen molar-refractivity contribution in [3.63, 3.8) is 0 Å². The summed E-state index contributed by atoms with van der Waals surface area (Å²) >= 11 is 0. The summed E-state index contributed by atoms with van der Waals surface area (Å²) in [4.78, 5) is 47.0. The first-order valence-electron chi connectivity index (χ1n) is 20.6. The largest absolute Gasteiger partial charge is 0.497 e. The summed E-state index contributed by atoms with van der Waals surface area (Å²) in [5, 5.41) is 0. The molecule has 0 saturated carbocycles. The van der Waals surface area contributed by atoms with Crippen LogP contribution in [0, 0.1) is 13.8 Å². The van der Waals surface area contributed by atoms with Crippen molar-refractivity contribution >= 4 is 17.8 Å². The third-order valence-corrected chi connectivity index (χ3v) is 11.1. The lowest BCUT2D eigenvalue weighted by molar-refractivity contribution is -0.140. The number of ether oxygens (including phenoxy) is 10. The Morgan fingerprint density at radius 2 is 1.37 bits per heavy atom. The van der Waals surface area contributed by atoms with E-state index in [1.165, 1.54) is 45.3 Å². The molecule has 2 atom stereocenters. The average Bonchev–Trinajstić information content (AvgIpc) is 3.77. The molecule has 15 nitrogen and oxygen atoms in total. The molecular formula is C48H58N2O13. The molecule has 0 aromatic heterocycles. The normalized spacial score (nSPS) is 14.7. The van der Waals surface area contributed by atoms with Crippen LogP contribution < -0.4 is 33.2 Å². The van der Waals surface area contributed by atoms with Crippen LogP contribution in [0.4, 0.5) is 4.79 Å². The molecule has 2 aliphatic rings. The number of amides is 2. The Bertz CT molecular complexity index is 2290. The fourth-order valence-corrected chi connectivity index (χ4v) is 8.15. The van der Waals surface area contributed by atoms with Crippen LogP contribution >= 0.6 is 0 Å². The highest BCUT2D eigenvalue weighted by Gasteiger charge is 2.46. The number of rotatable bonds is 17. The van der Waals surface area contributed by atoms with Crippen molar-refractivity contribution in [3.05, 3.63) is 99.1 Å². The molecule has 0 unspecified atom stereocenters. The van der Waals surface area contributed by atoms with Crippen molar-refractivity contribution in [2.75, 3.05) is 62.5 Å². The Morgan fingerprint density at radius 3 is 1.98 bits per heavy atom. The van der Waals surface area contributed by atoms with Gasteiger partial charge in [0.1, 0.15) is 28.9 Å². The smallest absolute Gasteiger partial charge is 0.410 e. The lowest BCUT2D eigenvalue weighted by Crippen LogP contribution is -2.55. The Balaban J connectivity index is 1.48. The summed E-state index contributed by atoms with van der Waals surface area (Å²) in [7, 11) is 9.16. The van der Waals surface area contributed by atoms with Gasteiger partial charge in [0.15, 0.2) is 28.8 Å². The van der Waals surface area contributed by atoms with Crippen LogP contribution in [0.5, 0.6) is 40.2 Å². The minimum atomic E-state index is -1.28. The number of ketones is 1. The number of carbonyl (C=O) groups excluding carboxylic acids is 3. The standard InChI is InChI=1S/C48H58N2O13/c1-28-40(55-8)33(34(44(58-11)42(28)57-10)25-59-24-31-17-19-32(54-7)20-18-31)21-35(49(6)47(53)63-48(3,4)5)46(52)50-22-37(51)39-38(36(50)26-60-23-30-15-13-12-14-16-30)45-43(61-27-62-45)29(2)41(39)56-9/h12-20,35-36H,21-27H2,1-11H3/t35-,36-/m0/s1. The molecular weight excluding hydrogens is 813 g/mol. The Hall–Kier alpha value is -6.19. The van der Waals surface area contributed by atoms with Crippen molar-refractivity contribution < 1.29 is 61.8 Å². The van der Waals surface area contributed by atoms with Gasteiger partial charge in [-0.3, -0.25) is 14.5 Å². The van der Waals surface area contributed by atoms with Gasteiger partial charge in [-0.2, -0.15) is 0 Å². The van der Waals surface area contributed by atoms with Gasteiger partial charge in [0, 0.05) is 41.3 Å². The van der Waals surface area contributed by atoms with Crippen LogP contribution in [0.1, 0.15) is 76.1 Å². The molecule has 15 heteroatoms. The second-order valence-electron chi connectivity index (χ2n) is 16.3. The molecule has 2 heterocycles. The number of Topliss-reactive ketones (excluding diaryl/α,β-unsaturated/α-hetero) is 1. The molecule has 4 aromatic carbocycles. The minimum absolute atomic E-state index is 0.00272. The lowest BCUT2D eigenvalue weighted by atomic mass is 9.86. The molecule has 0 fully saturated rings. The quantitative estimate of drug-likeness (QED) is 0.103. The van der Waals surface area contributed by atoms with Crippen molar-refractivity contribution in [2.45, 2.75) is 78.5 Å². The summed E-state index contributed by atoms with van der Waals surface area (Å²) in [6.45, 7) is 8.78. The molecule has 2 aliphatic heterocycles. The number of hydrogen-bond donors (Lipinski definition) is 0. The van der Waals surface area contributed by atoms with Gasteiger partial charge in [-0.25, -0.2) is 4.79 Å². The Labute approximate surface area is 368 Å². The number of methoxy groups -OCH3 is 5. The van der Waals surface area contributed by atoms with E-state index in [4.69, 9.17) is 47.4 Å². The van der Waals surface area contributed by atoms with E-state index in [2.05, 4.69) is 0 Å². The van der Waals surface area contributed by atoms with E-state index in [9.17, 15) is 9.59 Å². The highest BCUT2D eigenvalue weighted by atomic mass is 16.7. The second-order valence-corrected chi connectivity index (χ2v) is 16.3. The molecule has 0 N–H and O–H groups in total. The first-order chi connectivity index (χ1) is 30.2. The summed E-state index contributed by atoms with van der Waals surface area (Å²) < 4.78 is 59.6. The van der Waals surface area contributed by atoms with Gasteiger partial charge in [-0.05, 0) is 57.9 Å². The third kappa shape index (κ3) is 9.74. The number of nitrogens with zero attached hydrogens (tertiary/aromatic N) is 2. The number of carbonyl (C=O) groups is 3. The van der Waals surface area contributed by atoms with Gasteiger partial charge >= 0.3 is 6.09 Å². The fraction of sp³-hybridized carbons (Fsp3) is 0.438. The molecule has 63 heavy (non-hydrogen) atoms. The van der Waals surface area contributed by atoms with Crippen molar-refractivity contribution in [2.24, 2.45) is 0 Å². The van der Waals surface area contributed by atoms with E-state index in [1.54, 1.807) is 34.8 Å². The van der Waals surface area contributed by atoms with Crippen molar-refractivity contribution in [1.82, 2.24) is 9.80 Å². The first kappa shape index (κ1) is 46.3. The van der Waals surface area contributed by atoms with Crippen LogP contribution in [-0.4, -0.2) is 102 Å². The van der Waals surface area contributed by atoms with Crippen molar-refractivity contribution in [3.8, 4) is 40.2 Å². The molecule has 2 amide bonds. The molecule has 0 radical (unpaired) electrons. The SMILES string of the molecule is COc1ccc(COCc2c(C[C@@H](C(=O)N3CC(=O)c4c(OC)c(C)c5c(c4[C@@H]3COCc3ccccc3)OCO5)N(C)C(=O)OC(C)(C)C)c(OC)c(C)c(OC)c2OC)cc1. The first-order valence-corrected chi connectivity index (χ1v) is 20.6. The highest BCUT2D eigenvalue weighted by Crippen LogP contribution is 2.52. The maximum atomic E-state index is 15.7. The Kier molecular flexibility index (Phi) is 14.6. The fourth-order valence-electron chi connectivity index (χ4n) is 8.15. The predicted molar refractivity (Wildman–Crippen MR) is 233 cm³/mol. The van der Waals surface area contributed by atoms with Crippen molar-refractivity contribution in [1.29, 1.82) is 0 Å². The Morgan fingerprint density at radius 1 is 0.746 bits per heavy atom. The molecule has 338 valence electrons. The van der Waals surface area contributed by atoms with Crippen LogP contribution in [0.15, 0.2) is 54.6 Å². The van der Waals surface area contributed by atoms with E-state index < -0.39 is 29.7 Å². The van der Waals surface area contributed by atoms with Gasteiger partial charge in [-0.1, -0.05) is 42.5 Å². The van der Waals surface area contributed by atoms with Crippen LogP contribution in [0.3, 0.4) is 0 Å². The zero-order valence-corrected chi connectivity index (χ0v) is 38.0. The molecule has 6 rings (SSSR count). The summed E-state index contributed by atoms with van der Waals surface area (Å²) in [5.74, 6) is 2.01. The number of fused-ring (bicyclic) bond motifs is 3.